The second-order valence-corrected chi connectivity index (χ2v) is 7.07. The summed E-state index contributed by atoms with van der Waals surface area (Å²) in [5.41, 5.74) is 0.868. The van der Waals surface area contributed by atoms with Crippen molar-refractivity contribution in [2.75, 3.05) is 18.6 Å². The summed E-state index contributed by atoms with van der Waals surface area (Å²) in [7, 11) is -2.94. The molecule has 0 fully saturated rings. The predicted molar refractivity (Wildman–Crippen MR) is 72.6 cm³/mol. The smallest absolute Gasteiger partial charge is 0.148 e. The van der Waals surface area contributed by atoms with Crippen molar-refractivity contribution in [3.63, 3.8) is 0 Å². The van der Waals surface area contributed by atoms with E-state index in [1.165, 1.54) is 6.26 Å². The largest absolute Gasteiger partial charge is 0.309 e. The summed E-state index contributed by atoms with van der Waals surface area (Å²) < 4.78 is 22.0. The minimum Gasteiger partial charge on any atom is -0.309 e. The van der Waals surface area contributed by atoms with Crippen molar-refractivity contribution < 1.29 is 8.42 Å². The molecule has 3 nitrogen and oxygen atoms in total. The maximum absolute atomic E-state index is 11.0. The summed E-state index contributed by atoms with van der Waals surface area (Å²) in [6.45, 7) is 2.31. The molecule has 1 aromatic rings. The van der Waals surface area contributed by atoms with E-state index >= 15 is 0 Å². The van der Waals surface area contributed by atoms with Crippen LogP contribution in [0.3, 0.4) is 0 Å². The molecule has 0 amide bonds. The highest BCUT2D eigenvalue weighted by atomic mass is 35.5. The number of sulfone groups is 1. The van der Waals surface area contributed by atoms with Gasteiger partial charge >= 0.3 is 0 Å². The Morgan fingerprint density at radius 3 is 2.59 bits per heavy atom. The summed E-state index contributed by atoms with van der Waals surface area (Å²) >= 11 is 11.9. The van der Waals surface area contributed by atoms with Crippen LogP contribution in [0.1, 0.15) is 18.5 Å². The van der Waals surface area contributed by atoms with Crippen LogP contribution in [0.4, 0.5) is 0 Å². The van der Waals surface area contributed by atoms with Gasteiger partial charge in [0.2, 0.25) is 0 Å². The summed E-state index contributed by atoms with van der Waals surface area (Å²) in [5.74, 6) is 0.107. The highest BCUT2D eigenvalue weighted by molar-refractivity contribution is 7.90. The summed E-state index contributed by atoms with van der Waals surface area (Å²) in [5, 5.41) is 4.33. The first-order valence-corrected chi connectivity index (χ1v) is 7.97. The zero-order valence-electron chi connectivity index (χ0n) is 9.70. The fourth-order valence-electron chi connectivity index (χ4n) is 1.42. The van der Waals surface area contributed by atoms with E-state index in [2.05, 4.69) is 5.32 Å². The number of halogens is 2. The summed E-state index contributed by atoms with van der Waals surface area (Å²) in [4.78, 5) is 0. The molecule has 0 saturated carbocycles. The third kappa shape index (κ3) is 5.25. The lowest BCUT2D eigenvalue weighted by molar-refractivity contribution is 0.576. The fraction of sp³-hybridized carbons (Fsp3) is 0.455. The van der Waals surface area contributed by atoms with Crippen LogP contribution in [0, 0.1) is 0 Å². The second-order valence-electron chi connectivity index (χ2n) is 3.97. The van der Waals surface area contributed by atoms with Crippen molar-refractivity contribution >= 4 is 33.0 Å². The molecular weight excluding hydrogens is 281 g/mol. The fourth-order valence-corrected chi connectivity index (χ4v) is 2.37. The first kappa shape index (κ1) is 14.8. The SMILES string of the molecule is CC(NCCS(C)(=O)=O)c1cc(Cl)ccc1Cl. The molecule has 0 saturated heterocycles. The van der Waals surface area contributed by atoms with Gasteiger partial charge in [0.15, 0.2) is 0 Å². The van der Waals surface area contributed by atoms with Gasteiger partial charge in [0.05, 0.1) is 5.75 Å². The Balaban J connectivity index is 2.64. The maximum atomic E-state index is 11.0. The Hall–Kier alpha value is -0.290. The van der Waals surface area contributed by atoms with Crippen LogP contribution in [-0.2, 0) is 9.84 Å². The lowest BCUT2D eigenvalue weighted by atomic mass is 10.1. The van der Waals surface area contributed by atoms with Gasteiger partial charge in [-0.25, -0.2) is 8.42 Å². The molecule has 0 aliphatic heterocycles. The van der Waals surface area contributed by atoms with Gasteiger partial charge in [-0.3, -0.25) is 0 Å². The Bertz CT molecular complexity index is 488. The van der Waals surface area contributed by atoms with E-state index in [0.29, 0.717) is 16.6 Å². The molecule has 1 unspecified atom stereocenters. The van der Waals surface area contributed by atoms with Gasteiger partial charge in [0.25, 0.3) is 0 Å². The molecule has 0 bridgehead atoms. The molecule has 17 heavy (non-hydrogen) atoms. The number of nitrogens with one attached hydrogen (secondary N) is 1. The molecule has 0 aliphatic carbocycles. The lowest BCUT2D eigenvalue weighted by Gasteiger charge is -2.15. The summed E-state index contributed by atoms with van der Waals surface area (Å²) in [6.07, 6.45) is 1.21. The van der Waals surface area contributed by atoms with Crippen molar-refractivity contribution in [2.45, 2.75) is 13.0 Å². The van der Waals surface area contributed by atoms with Crippen LogP contribution < -0.4 is 5.32 Å². The molecule has 6 heteroatoms. The normalized spacial score (nSPS) is 13.6. The minimum absolute atomic E-state index is 0.0389. The van der Waals surface area contributed by atoms with Crippen LogP contribution in [0.5, 0.6) is 0 Å². The van der Waals surface area contributed by atoms with Crippen molar-refractivity contribution in [3.05, 3.63) is 33.8 Å². The van der Waals surface area contributed by atoms with Crippen LogP contribution in [-0.4, -0.2) is 27.0 Å². The van der Waals surface area contributed by atoms with Crippen LogP contribution >= 0.6 is 23.2 Å². The minimum atomic E-state index is -2.94. The monoisotopic (exact) mass is 295 g/mol. The van der Waals surface area contributed by atoms with Gasteiger partial charge in [-0.15, -0.1) is 0 Å². The van der Waals surface area contributed by atoms with Crippen molar-refractivity contribution in [1.82, 2.24) is 5.32 Å². The van der Waals surface area contributed by atoms with Gasteiger partial charge in [0.1, 0.15) is 9.84 Å². The molecule has 0 heterocycles. The molecule has 1 N–H and O–H groups in total. The third-order valence-electron chi connectivity index (χ3n) is 2.35. The standard InChI is InChI=1S/C11H15Cl2NO2S/c1-8(14-5-6-17(2,15)16)10-7-9(12)3-4-11(10)13/h3-4,7-8,14H,5-6H2,1-2H3. The van der Waals surface area contributed by atoms with E-state index in [1.54, 1.807) is 18.2 Å². The molecule has 0 spiro atoms. The van der Waals surface area contributed by atoms with Gasteiger partial charge in [0, 0.05) is 28.9 Å². The highest BCUT2D eigenvalue weighted by Gasteiger charge is 2.10. The summed E-state index contributed by atoms with van der Waals surface area (Å²) in [6, 6.07) is 5.19. The van der Waals surface area contributed by atoms with E-state index in [-0.39, 0.29) is 11.8 Å². The Morgan fingerprint density at radius 1 is 1.35 bits per heavy atom. The van der Waals surface area contributed by atoms with Gasteiger partial charge < -0.3 is 5.32 Å². The average Bonchev–Trinajstić information content (AvgIpc) is 2.19. The molecule has 0 aromatic heterocycles. The van der Waals surface area contributed by atoms with E-state index in [1.807, 2.05) is 6.92 Å². The van der Waals surface area contributed by atoms with E-state index in [9.17, 15) is 8.42 Å². The third-order valence-corrected chi connectivity index (χ3v) is 3.87. The Labute approximate surface area is 112 Å². The Kier molecular flexibility index (Phi) is 5.25. The van der Waals surface area contributed by atoms with Gasteiger partial charge in [-0.05, 0) is 30.7 Å². The lowest BCUT2D eigenvalue weighted by Crippen LogP contribution is -2.25. The van der Waals surface area contributed by atoms with Crippen LogP contribution in [0.25, 0.3) is 0 Å². The van der Waals surface area contributed by atoms with E-state index in [4.69, 9.17) is 23.2 Å². The molecular formula is C11H15Cl2NO2S. The molecule has 1 aromatic carbocycles. The number of benzene rings is 1. The van der Waals surface area contributed by atoms with Crippen molar-refractivity contribution in [3.8, 4) is 0 Å². The van der Waals surface area contributed by atoms with Crippen LogP contribution in [0.15, 0.2) is 18.2 Å². The molecule has 0 aliphatic rings. The number of hydrogen-bond acceptors (Lipinski definition) is 3. The molecule has 0 radical (unpaired) electrons. The zero-order chi connectivity index (χ0) is 13.1. The first-order valence-electron chi connectivity index (χ1n) is 5.15. The van der Waals surface area contributed by atoms with Crippen LogP contribution in [0.2, 0.25) is 10.0 Å². The van der Waals surface area contributed by atoms with E-state index in [0.717, 1.165) is 5.56 Å². The van der Waals surface area contributed by atoms with Gasteiger partial charge in [-0.2, -0.15) is 0 Å². The van der Waals surface area contributed by atoms with E-state index < -0.39 is 9.84 Å². The first-order chi connectivity index (χ1) is 7.79. The van der Waals surface area contributed by atoms with Crippen molar-refractivity contribution in [2.24, 2.45) is 0 Å². The second kappa shape index (κ2) is 6.05. The van der Waals surface area contributed by atoms with Crippen molar-refractivity contribution in [1.29, 1.82) is 0 Å². The number of rotatable bonds is 5. The number of hydrogen-bond donors (Lipinski definition) is 1. The topological polar surface area (TPSA) is 46.2 Å². The Morgan fingerprint density at radius 2 is 2.00 bits per heavy atom. The molecule has 1 rings (SSSR count). The quantitative estimate of drug-likeness (QED) is 0.908. The maximum Gasteiger partial charge on any atom is 0.148 e. The zero-order valence-corrected chi connectivity index (χ0v) is 12.0. The van der Waals surface area contributed by atoms with Gasteiger partial charge in [-0.1, -0.05) is 23.2 Å². The molecule has 1 atom stereocenters. The highest BCUT2D eigenvalue weighted by Crippen LogP contribution is 2.25. The molecule has 96 valence electrons. The predicted octanol–water partition coefficient (Wildman–Crippen LogP) is 2.69. The average molecular weight is 296 g/mol.